The van der Waals surface area contributed by atoms with E-state index >= 15 is 0 Å². The van der Waals surface area contributed by atoms with Crippen LogP contribution in [0.5, 0.6) is 11.5 Å². The number of hydrogen-bond acceptors (Lipinski definition) is 6. The summed E-state index contributed by atoms with van der Waals surface area (Å²) < 4.78 is 21.8. The number of methoxy groups -OCH3 is 2. The first-order valence-corrected chi connectivity index (χ1v) is 9.92. The maximum atomic E-state index is 12.9. The molecular weight excluding hydrogens is 346 g/mol. The topological polar surface area (TPSA) is 57.2 Å². The molecule has 1 unspecified atom stereocenters. The highest BCUT2D eigenvalue weighted by molar-refractivity contribution is 6.02. The first kappa shape index (κ1) is 18.7. The van der Waals surface area contributed by atoms with Crippen molar-refractivity contribution < 1.29 is 23.7 Å². The van der Waals surface area contributed by atoms with Crippen LogP contribution >= 0.6 is 0 Å². The SMILES string of the molecule is COc1cc2c(cc1OC)C(=O)C(CC1CCN(CC3OCCO3)CC1)C2. The molecule has 4 rings (SSSR count). The van der Waals surface area contributed by atoms with Crippen LogP contribution in [0.4, 0.5) is 0 Å². The van der Waals surface area contributed by atoms with E-state index in [2.05, 4.69) is 4.90 Å². The number of likely N-dealkylation sites (tertiary alicyclic amines) is 1. The molecule has 0 spiro atoms. The van der Waals surface area contributed by atoms with Crippen LogP contribution < -0.4 is 9.47 Å². The molecule has 1 aliphatic carbocycles. The Bertz CT molecular complexity index is 677. The van der Waals surface area contributed by atoms with E-state index in [1.54, 1.807) is 14.2 Å². The Balaban J connectivity index is 1.32. The van der Waals surface area contributed by atoms with Gasteiger partial charge in [0.1, 0.15) is 0 Å². The predicted octanol–water partition coefficient (Wildman–Crippen LogP) is 2.53. The summed E-state index contributed by atoms with van der Waals surface area (Å²) in [6, 6.07) is 3.82. The van der Waals surface area contributed by atoms with E-state index in [1.165, 1.54) is 0 Å². The van der Waals surface area contributed by atoms with Gasteiger partial charge in [-0.05, 0) is 62.4 Å². The lowest BCUT2D eigenvalue weighted by Gasteiger charge is -2.33. The average molecular weight is 375 g/mol. The summed E-state index contributed by atoms with van der Waals surface area (Å²) in [6.07, 6.45) is 4.01. The third-order valence-corrected chi connectivity index (χ3v) is 6.14. The monoisotopic (exact) mass is 375 g/mol. The Morgan fingerprint density at radius 3 is 2.41 bits per heavy atom. The second-order valence-corrected chi connectivity index (χ2v) is 7.78. The number of carbonyl (C=O) groups excluding carboxylic acids is 1. The van der Waals surface area contributed by atoms with Crippen LogP contribution in [0.25, 0.3) is 0 Å². The number of piperidine rings is 1. The van der Waals surface area contributed by atoms with Gasteiger partial charge in [-0.2, -0.15) is 0 Å². The summed E-state index contributed by atoms with van der Waals surface area (Å²) in [6.45, 7) is 4.40. The van der Waals surface area contributed by atoms with E-state index in [1.807, 2.05) is 12.1 Å². The molecule has 2 saturated heterocycles. The van der Waals surface area contributed by atoms with Crippen LogP contribution in [0.1, 0.15) is 35.2 Å². The lowest BCUT2D eigenvalue weighted by atomic mass is 9.85. The van der Waals surface area contributed by atoms with E-state index < -0.39 is 0 Å². The fourth-order valence-corrected chi connectivity index (χ4v) is 4.62. The normalized spacial score (nSPS) is 24.4. The van der Waals surface area contributed by atoms with Crippen molar-refractivity contribution in [2.45, 2.75) is 32.0 Å². The Hall–Kier alpha value is -1.63. The number of ether oxygens (including phenoxy) is 4. The molecule has 0 aromatic heterocycles. The van der Waals surface area contributed by atoms with Crippen molar-refractivity contribution in [1.82, 2.24) is 4.90 Å². The summed E-state index contributed by atoms with van der Waals surface area (Å²) in [5, 5.41) is 0. The van der Waals surface area contributed by atoms with Crippen LogP contribution in [0.2, 0.25) is 0 Å². The largest absolute Gasteiger partial charge is 0.493 e. The van der Waals surface area contributed by atoms with Gasteiger partial charge in [0.25, 0.3) is 0 Å². The number of hydrogen-bond donors (Lipinski definition) is 0. The first-order valence-electron chi connectivity index (χ1n) is 9.92. The summed E-state index contributed by atoms with van der Waals surface area (Å²) in [5.41, 5.74) is 1.90. The van der Waals surface area contributed by atoms with Crippen LogP contribution in [-0.4, -0.2) is 64.0 Å². The maximum absolute atomic E-state index is 12.9. The minimum absolute atomic E-state index is 0.0579. The predicted molar refractivity (Wildman–Crippen MR) is 101 cm³/mol. The summed E-state index contributed by atoms with van der Waals surface area (Å²) in [5.74, 6) is 2.30. The van der Waals surface area contributed by atoms with E-state index in [4.69, 9.17) is 18.9 Å². The highest BCUT2D eigenvalue weighted by atomic mass is 16.7. The molecule has 27 heavy (non-hydrogen) atoms. The van der Waals surface area contributed by atoms with Crippen molar-refractivity contribution >= 4 is 5.78 Å². The number of fused-ring (bicyclic) bond motifs is 1. The van der Waals surface area contributed by atoms with Gasteiger partial charge in [0, 0.05) is 18.0 Å². The molecule has 148 valence electrons. The quantitative estimate of drug-likeness (QED) is 0.762. The number of carbonyl (C=O) groups is 1. The van der Waals surface area contributed by atoms with Crippen molar-refractivity contribution in [3.63, 3.8) is 0 Å². The zero-order valence-electron chi connectivity index (χ0n) is 16.2. The molecule has 1 aromatic rings. The molecule has 6 nitrogen and oxygen atoms in total. The van der Waals surface area contributed by atoms with Crippen LogP contribution in [-0.2, 0) is 15.9 Å². The lowest BCUT2D eigenvalue weighted by Crippen LogP contribution is -2.39. The molecular formula is C21H29NO5. The second kappa shape index (κ2) is 8.17. The number of nitrogens with zero attached hydrogens (tertiary/aromatic N) is 1. The molecule has 6 heteroatoms. The van der Waals surface area contributed by atoms with E-state index in [0.29, 0.717) is 30.6 Å². The van der Waals surface area contributed by atoms with Crippen molar-refractivity contribution in [3.05, 3.63) is 23.3 Å². The molecule has 2 fully saturated rings. The van der Waals surface area contributed by atoms with Gasteiger partial charge in [-0.25, -0.2) is 0 Å². The molecule has 0 bridgehead atoms. The summed E-state index contributed by atoms with van der Waals surface area (Å²) in [4.78, 5) is 15.3. The number of Topliss-reactive ketones (excluding diaryl/α,β-unsaturated/α-hetero) is 1. The Morgan fingerprint density at radius 2 is 1.74 bits per heavy atom. The third kappa shape index (κ3) is 3.98. The van der Waals surface area contributed by atoms with Gasteiger partial charge in [-0.3, -0.25) is 9.69 Å². The van der Waals surface area contributed by atoms with Gasteiger partial charge >= 0.3 is 0 Å². The van der Waals surface area contributed by atoms with Crippen molar-refractivity contribution in [3.8, 4) is 11.5 Å². The lowest BCUT2D eigenvalue weighted by molar-refractivity contribution is -0.0662. The Morgan fingerprint density at radius 1 is 1.07 bits per heavy atom. The zero-order valence-corrected chi connectivity index (χ0v) is 16.2. The van der Waals surface area contributed by atoms with Gasteiger partial charge < -0.3 is 18.9 Å². The second-order valence-electron chi connectivity index (χ2n) is 7.78. The van der Waals surface area contributed by atoms with Crippen LogP contribution in [0.3, 0.4) is 0 Å². The Labute approximate surface area is 160 Å². The maximum Gasteiger partial charge on any atom is 0.170 e. The number of ketones is 1. The molecule has 0 N–H and O–H groups in total. The molecule has 2 aliphatic heterocycles. The fraction of sp³-hybridized carbons (Fsp3) is 0.667. The third-order valence-electron chi connectivity index (χ3n) is 6.14. The minimum atomic E-state index is -0.0579. The van der Waals surface area contributed by atoms with Crippen LogP contribution in [0.15, 0.2) is 12.1 Å². The number of benzene rings is 1. The molecule has 3 aliphatic rings. The van der Waals surface area contributed by atoms with E-state index in [-0.39, 0.29) is 18.0 Å². The number of rotatable bonds is 6. The van der Waals surface area contributed by atoms with E-state index in [0.717, 1.165) is 56.4 Å². The molecule has 0 saturated carbocycles. The van der Waals surface area contributed by atoms with Gasteiger partial charge in [-0.15, -0.1) is 0 Å². The first-order chi connectivity index (χ1) is 13.2. The molecule has 1 aromatic carbocycles. The summed E-state index contributed by atoms with van der Waals surface area (Å²) >= 11 is 0. The van der Waals surface area contributed by atoms with Crippen LogP contribution in [0, 0.1) is 11.8 Å². The fourth-order valence-electron chi connectivity index (χ4n) is 4.62. The molecule has 1 atom stereocenters. The van der Waals surface area contributed by atoms with Gasteiger partial charge in [0.2, 0.25) is 0 Å². The highest BCUT2D eigenvalue weighted by Crippen LogP contribution is 2.39. The highest BCUT2D eigenvalue weighted by Gasteiger charge is 2.34. The van der Waals surface area contributed by atoms with Gasteiger partial charge in [-0.1, -0.05) is 0 Å². The van der Waals surface area contributed by atoms with Gasteiger partial charge in [0.05, 0.1) is 27.4 Å². The minimum Gasteiger partial charge on any atom is -0.493 e. The standard InChI is InChI=1S/C21H29NO5/c1-24-18-11-15-10-16(21(23)17(15)12-19(18)25-2)9-14-3-5-22(6-4-14)13-20-26-7-8-27-20/h11-12,14,16,20H,3-10,13H2,1-2H3. The van der Waals surface area contributed by atoms with Gasteiger partial charge in [0.15, 0.2) is 23.6 Å². The van der Waals surface area contributed by atoms with Crippen molar-refractivity contribution in [2.24, 2.45) is 11.8 Å². The average Bonchev–Trinajstić information content (AvgIpc) is 3.30. The van der Waals surface area contributed by atoms with Crippen molar-refractivity contribution in [1.29, 1.82) is 0 Å². The summed E-state index contributed by atoms with van der Waals surface area (Å²) in [7, 11) is 3.24. The molecule has 2 heterocycles. The molecule has 0 radical (unpaired) electrons. The molecule has 0 amide bonds. The van der Waals surface area contributed by atoms with E-state index in [9.17, 15) is 4.79 Å². The smallest absolute Gasteiger partial charge is 0.170 e. The zero-order chi connectivity index (χ0) is 18.8. The van der Waals surface area contributed by atoms with Crippen molar-refractivity contribution in [2.75, 3.05) is 47.1 Å². The Kier molecular flexibility index (Phi) is 5.66.